The average molecular weight is 251 g/mol. The van der Waals surface area contributed by atoms with Crippen LogP contribution in [0.1, 0.15) is 52.6 Å². The number of rotatable bonds is 4. The maximum atomic E-state index is 4.70. The molecule has 0 bridgehead atoms. The highest BCUT2D eigenvalue weighted by atomic mass is 32.1. The third kappa shape index (κ3) is 9.88. The van der Waals surface area contributed by atoms with Crippen molar-refractivity contribution < 1.29 is 0 Å². The Kier molecular flexibility index (Phi) is 16.2. The van der Waals surface area contributed by atoms with E-state index in [1.807, 2.05) is 52.1 Å². The van der Waals surface area contributed by atoms with E-state index >= 15 is 0 Å². The van der Waals surface area contributed by atoms with Gasteiger partial charge in [-0.15, -0.1) is 0 Å². The number of thiocarbonyl (C=S) groups is 1. The molecule has 1 aromatic carbocycles. The number of benzene rings is 1. The molecule has 0 radical (unpaired) electrons. The van der Waals surface area contributed by atoms with E-state index < -0.39 is 0 Å². The van der Waals surface area contributed by atoms with Crippen molar-refractivity contribution in [3.8, 4) is 0 Å². The van der Waals surface area contributed by atoms with Gasteiger partial charge in [0.05, 0.1) is 6.04 Å². The Hall–Kier alpha value is -1.02. The second-order valence-corrected chi connectivity index (χ2v) is 3.15. The minimum atomic E-state index is 0.233. The quantitative estimate of drug-likeness (QED) is 0.525. The van der Waals surface area contributed by atoms with Gasteiger partial charge in [-0.05, 0) is 17.9 Å². The Morgan fingerprint density at radius 2 is 1.65 bits per heavy atom. The SMILES string of the molecule is CC.CC.CC(N=CCC=S)c1ccccc1. The normalized spacial score (nSPS) is 10.6. The fraction of sp³-hybridized carbons (Fsp3) is 0.467. The van der Waals surface area contributed by atoms with Gasteiger partial charge in [0.2, 0.25) is 0 Å². The summed E-state index contributed by atoms with van der Waals surface area (Å²) >= 11 is 4.70. The Morgan fingerprint density at radius 1 is 1.12 bits per heavy atom. The first-order valence-electron chi connectivity index (χ1n) is 6.35. The van der Waals surface area contributed by atoms with Gasteiger partial charge >= 0.3 is 0 Å². The first-order chi connectivity index (χ1) is 8.34. The standard InChI is InChI=1S/C11H13NS.2C2H6/c1-10(12-8-5-9-13)11-6-3-2-4-7-11;2*1-2/h2-4,6-10H,5H2,1H3;2*1-2H3. The molecule has 1 unspecified atom stereocenters. The molecular formula is C15H25NS. The molecule has 0 aliphatic carbocycles. The van der Waals surface area contributed by atoms with Crippen molar-refractivity contribution in [2.75, 3.05) is 0 Å². The molecule has 0 N–H and O–H groups in total. The summed E-state index contributed by atoms with van der Waals surface area (Å²) in [5.74, 6) is 0. The van der Waals surface area contributed by atoms with Crippen molar-refractivity contribution in [2.24, 2.45) is 4.99 Å². The van der Waals surface area contributed by atoms with E-state index in [-0.39, 0.29) is 6.04 Å². The van der Waals surface area contributed by atoms with E-state index in [0.717, 1.165) is 6.42 Å². The second kappa shape index (κ2) is 15.0. The number of hydrogen-bond acceptors (Lipinski definition) is 2. The smallest absolute Gasteiger partial charge is 0.0717 e. The molecule has 96 valence electrons. The Bertz CT molecular complexity index is 280. The van der Waals surface area contributed by atoms with Crippen LogP contribution in [0.5, 0.6) is 0 Å². The maximum Gasteiger partial charge on any atom is 0.0717 e. The number of hydrogen-bond donors (Lipinski definition) is 0. The zero-order chi connectivity index (χ0) is 13.5. The summed E-state index contributed by atoms with van der Waals surface area (Å²) in [6.45, 7) is 10.1. The van der Waals surface area contributed by atoms with Gasteiger partial charge < -0.3 is 0 Å². The molecule has 0 amide bonds. The largest absolute Gasteiger partial charge is 0.289 e. The van der Waals surface area contributed by atoms with Crippen molar-refractivity contribution in [3.63, 3.8) is 0 Å². The molecule has 0 saturated carbocycles. The van der Waals surface area contributed by atoms with Crippen LogP contribution < -0.4 is 0 Å². The molecule has 2 heteroatoms. The average Bonchev–Trinajstić information content (AvgIpc) is 2.44. The fourth-order valence-electron chi connectivity index (χ4n) is 1.08. The van der Waals surface area contributed by atoms with Gasteiger partial charge in [-0.2, -0.15) is 0 Å². The third-order valence-corrected chi connectivity index (χ3v) is 2.01. The molecule has 0 aliphatic rings. The van der Waals surface area contributed by atoms with Crippen LogP contribution in [0.25, 0.3) is 0 Å². The fourth-order valence-corrected chi connectivity index (χ4v) is 1.17. The van der Waals surface area contributed by atoms with E-state index in [2.05, 4.69) is 24.0 Å². The van der Waals surface area contributed by atoms with Crippen molar-refractivity contribution in [1.82, 2.24) is 0 Å². The first kappa shape index (κ1) is 18.3. The van der Waals surface area contributed by atoms with E-state index in [9.17, 15) is 0 Å². The monoisotopic (exact) mass is 251 g/mol. The van der Waals surface area contributed by atoms with Crippen molar-refractivity contribution in [3.05, 3.63) is 35.9 Å². The van der Waals surface area contributed by atoms with Gasteiger partial charge in [-0.25, -0.2) is 0 Å². The molecule has 17 heavy (non-hydrogen) atoms. The van der Waals surface area contributed by atoms with Crippen LogP contribution >= 0.6 is 12.2 Å². The van der Waals surface area contributed by atoms with Gasteiger partial charge in [0.15, 0.2) is 0 Å². The zero-order valence-corrected chi connectivity index (χ0v) is 12.5. The molecule has 0 spiro atoms. The lowest BCUT2D eigenvalue weighted by Crippen LogP contribution is -1.89. The molecule has 0 fully saturated rings. The highest BCUT2D eigenvalue weighted by Crippen LogP contribution is 2.14. The molecule has 0 aromatic heterocycles. The van der Waals surface area contributed by atoms with Crippen molar-refractivity contribution >= 4 is 23.8 Å². The molecule has 0 heterocycles. The Balaban J connectivity index is 0. The predicted molar refractivity (Wildman–Crippen MR) is 84.3 cm³/mol. The zero-order valence-electron chi connectivity index (χ0n) is 11.7. The number of nitrogens with zero attached hydrogens (tertiary/aromatic N) is 1. The summed E-state index contributed by atoms with van der Waals surface area (Å²) in [7, 11) is 0. The Labute approximate surface area is 112 Å². The van der Waals surface area contributed by atoms with Crippen LogP contribution in [-0.4, -0.2) is 11.6 Å². The summed E-state index contributed by atoms with van der Waals surface area (Å²) in [5, 5.41) is 1.68. The van der Waals surface area contributed by atoms with E-state index in [1.54, 1.807) is 5.37 Å². The minimum absolute atomic E-state index is 0.233. The van der Waals surface area contributed by atoms with Gasteiger partial charge in [0.25, 0.3) is 0 Å². The van der Waals surface area contributed by atoms with Crippen LogP contribution in [0.4, 0.5) is 0 Å². The molecule has 1 rings (SSSR count). The second-order valence-electron chi connectivity index (χ2n) is 2.82. The van der Waals surface area contributed by atoms with E-state index in [1.165, 1.54) is 5.56 Å². The van der Waals surface area contributed by atoms with Crippen molar-refractivity contribution in [1.29, 1.82) is 0 Å². The topological polar surface area (TPSA) is 12.4 Å². The van der Waals surface area contributed by atoms with Gasteiger partial charge in [-0.3, -0.25) is 4.99 Å². The van der Waals surface area contributed by atoms with Crippen molar-refractivity contribution in [2.45, 2.75) is 47.1 Å². The lowest BCUT2D eigenvalue weighted by atomic mass is 10.1. The van der Waals surface area contributed by atoms with Crippen LogP contribution in [0.15, 0.2) is 35.3 Å². The Morgan fingerprint density at radius 3 is 2.12 bits per heavy atom. The van der Waals surface area contributed by atoms with Gasteiger partial charge in [0.1, 0.15) is 0 Å². The summed E-state index contributed by atoms with van der Waals surface area (Å²) in [6.07, 6.45) is 2.64. The van der Waals surface area contributed by atoms with Gasteiger partial charge in [0, 0.05) is 12.6 Å². The van der Waals surface area contributed by atoms with E-state index in [0.29, 0.717) is 0 Å². The lowest BCUT2D eigenvalue weighted by molar-refractivity contribution is 0.823. The predicted octanol–water partition coefficient (Wildman–Crippen LogP) is 5.26. The summed E-state index contributed by atoms with van der Waals surface area (Å²) in [4.78, 5) is 4.36. The summed E-state index contributed by atoms with van der Waals surface area (Å²) in [5.41, 5.74) is 1.24. The molecule has 1 nitrogen and oxygen atoms in total. The van der Waals surface area contributed by atoms with Crippen LogP contribution in [0.2, 0.25) is 0 Å². The molecule has 1 aromatic rings. The lowest BCUT2D eigenvalue weighted by Gasteiger charge is -2.04. The molecule has 0 saturated heterocycles. The number of aliphatic imine (C=N–C) groups is 1. The summed E-state index contributed by atoms with van der Waals surface area (Å²) in [6, 6.07) is 10.5. The maximum absolute atomic E-state index is 4.70. The summed E-state index contributed by atoms with van der Waals surface area (Å²) < 4.78 is 0. The molecule has 0 aliphatic heterocycles. The van der Waals surface area contributed by atoms with Crippen LogP contribution in [0.3, 0.4) is 0 Å². The third-order valence-electron chi connectivity index (χ3n) is 1.81. The molecular weight excluding hydrogens is 226 g/mol. The van der Waals surface area contributed by atoms with Crippen LogP contribution in [0, 0.1) is 0 Å². The first-order valence-corrected chi connectivity index (χ1v) is 6.82. The van der Waals surface area contributed by atoms with Gasteiger partial charge in [-0.1, -0.05) is 70.2 Å². The van der Waals surface area contributed by atoms with E-state index in [4.69, 9.17) is 12.2 Å². The minimum Gasteiger partial charge on any atom is -0.289 e. The highest BCUT2D eigenvalue weighted by molar-refractivity contribution is 7.79. The highest BCUT2D eigenvalue weighted by Gasteiger charge is 1.98. The van der Waals surface area contributed by atoms with Crippen LogP contribution in [-0.2, 0) is 0 Å². The molecule has 1 atom stereocenters.